The van der Waals surface area contributed by atoms with Crippen LogP contribution >= 0.6 is 0 Å². The highest BCUT2D eigenvalue weighted by molar-refractivity contribution is 6.01. The van der Waals surface area contributed by atoms with Crippen molar-refractivity contribution in [3.8, 4) is 5.75 Å². The minimum atomic E-state index is -4.69. The molecule has 3 heterocycles. The molecule has 10 heteroatoms. The molecule has 5 rings (SSSR count). The molecule has 39 heavy (non-hydrogen) atoms. The number of aromatic nitrogens is 3. The molecule has 1 aliphatic heterocycles. The molecule has 1 fully saturated rings. The van der Waals surface area contributed by atoms with Gasteiger partial charge in [0.2, 0.25) is 0 Å². The van der Waals surface area contributed by atoms with E-state index >= 15 is 0 Å². The second kappa shape index (κ2) is 11.0. The molecule has 2 aromatic carbocycles. The van der Waals surface area contributed by atoms with Crippen molar-refractivity contribution in [2.45, 2.75) is 51.9 Å². The van der Waals surface area contributed by atoms with Gasteiger partial charge in [-0.3, -0.25) is 4.79 Å². The fourth-order valence-corrected chi connectivity index (χ4v) is 5.09. The maximum Gasteiger partial charge on any atom is 0.573 e. The van der Waals surface area contributed by atoms with Crippen molar-refractivity contribution in [2.75, 3.05) is 18.0 Å². The van der Waals surface area contributed by atoms with Gasteiger partial charge in [-0.15, -0.1) is 13.2 Å². The molecule has 204 valence electrons. The number of nitrogens with one attached hydrogen (secondary N) is 1. The second-order valence-corrected chi connectivity index (χ2v) is 9.72. The van der Waals surface area contributed by atoms with Crippen LogP contribution in [0.5, 0.6) is 5.75 Å². The number of carbonyl (C=O) groups excluding carboxylic acids is 1. The van der Waals surface area contributed by atoms with Gasteiger partial charge in [-0.25, -0.2) is 9.50 Å². The van der Waals surface area contributed by atoms with Gasteiger partial charge in [-0.05, 0) is 73.6 Å². The molecule has 4 aromatic rings. The van der Waals surface area contributed by atoms with E-state index in [2.05, 4.69) is 37.2 Å². The summed E-state index contributed by atoms with van der Waals surface area (Å²) in [6.45, 7) is 5.94. The molecule has 0 atom stereocenters. The Morgan fingerprint density at radius 3 is 2.38 bits per heavy atom. The smallest absolute Gasteiger partial charge is 0.406 e. The molecule has 7 nitrogen and oxygen atoms in total. The van der Waals surface area contributed by atoms with Crippen LogP contribution in [-0.2, 0) is 13.0 Å². The second-order valence-electron chi connectivity index (χ2n) is 9.72. The van der Waals surface area contributed by atoms with Crippen molar-refractivity contribution in [2.24, 2.45) is 0 Å². The number of aryl methyl sites for hydroxylation is 2. The number of hydrogen-bond donors (Lipinski definition) is 1. The summed E-state index contributed by atoms with van der Waals surface area (Å²) < 4.78 is 42.9. The van der Waals surface area contributed by atoms with Crippen molar-refractivity contribution in [1.29, 1.82) is 0 Å². The molecule has 1 saturated heterocycles. The van der Waals surface area contributed by atoms with E-state index in [1.807, 2.05) is 32.0 Å². The van der Waals surface area contributed by atoms with E-state index in [9.17, 15) is 18.0 Å². The summed E-state index contributed by atoms with van der Waals surface area (Å²) >= 11 is 0. The highest BCUT2D eigenvalue weighted by atomic mass is 19.4. The van der Waals surface area contributed by atoms with Gasteiger partial charge >= 0.3 is 6.36 Å². The van der Waals surface area contributed by atoms with Crippen LogP contribution in [0.3, 0.4) is 0 Å². The minimum absolute atomic E-state index is 0.186. The van der Waals surface area contributed by atoms with Gasteiger partial charge in [0.1, 0.15) is 11.3 Å². The molecular weight excluding hydrogens is 507 g/mol. The first-order valence-electron chi connectivity index (χ1n) is 13.0. The fraction of sp³-hybridized carbons (Fsp3) is 0.345. The summed E-state index contributed by atoms with van der Waals surface area (Å²) in [5, 5.41) is 7.57. The topological polar surface area (TPSA) is 71.8 Å². The number of hydrogen-bond acceptors (Lipinski definition) is 5. The molecule has 0 unspecified atom stereocenters. The van der Waals surface area contributed by atoms with E-state index in [-0.39, 0.29) is 11.7 Å². The molecule has 1 amide bonds. The van der Waals surface area contributed by atoms with Crippen LogP contribution in [0.2, 0.25) is 0 Å². The molecular formula is C29H30F3N5O2. The Kier molecular flexibility index (Phi) is 7.45. The van der Waals surface area contributed by atoms with Crippen LogP contribution in [0, 0.1) is 6.92 Å². The summed E-state index contributed by atoms with van der Waals surface area (Å²) in [6.07, 6.45) is -0.479. The predicted molar refractivity (Wildman–Crippen MR) is 142 cm³/mol. The van der Waals surface area contributed by atoms with Gasteiger partial charge in [0.15, 0.2) is 5.65 Å². The lowest BCUT2D eigenvalue weighted by Crippen LogP contribution is -2.32. The van der Waals surface area contributed by atoms with E-state index in [0.29, 0.717) is 30.1 Å². The maximum atomic E-state index is 13.1. The zero-order chi connectivity index (χ0) is 27.6. The number of nitrogens with zero attached hydrogens (tertiary/aromatic N) is 4. The SMILES string of the molecule is CCc1nn2c(C)ccnc2c1C(=O)NCc1ccc(C2CCN(c3ccc(OC(F)(F)F)cc3)CC2)cc1. The van der Waals surface area contributed by atoms with Crippen LogP contribution < -0.4 is 15.0 Å². The van der Waals surface area contributed by atoms with E-state index < -0.39 is 6.36 Å². The summed E-state index contributed by atoms with van der Waals surface area (Å²) in [6, 6.07) is 16.2. The number of piperidine rings is 1. The third-order valence-corrected chi connectivity index (χ3v) is 7.18. The van der Waals surface area contributed by atoms with Crippen LogP contribution in [-0.4, -0.2) is 40.0 Å². The first kappa shape index (κ1) is 26.5. The lowest BCUT2D eigenvalue weighted by atomic mass is 9.89. The normalized spacial score (nSPS) is 14.5. The van der Waals surface area contributed by atoms with Gasteiger partial charge < -0.3 is 15.0 Å². The lowest BCUT2D eigenvalue weighted by molar-refractivity contribution is -0.274. The van der Waals surface area contributed by atoms with E-state index in [1.54, 1.807) is 22.8 Å². The van der Waals surface area contributed by atoms with Gasteiger partial charge in [-0.1, -0.05) is 31.2 Å². The Bertz CT molecular complexity index is 1440. The van der Waals surface area contributed by atoms with Crippen molar-refractivity contribution in [1.82, 2.24) is 19.9 Å². The summed E-state index contributed by atoms with van der Waals surface area (Å²) in [5.41, 5.74) is 5.87. The molecule has 0 saturated carbocycles. The van der Waals surface area contributed by atoms with Crippen molar-refractivity contribution < 1.29 is 22.7 Å². The van der Waals surface area contributed by atoms with Crippen molar-refractivity contribution in [3.05, 3.63) is 88.9 Å². The minimum Gasteiger partial charge on any atom is -0.406 e. The fourth-order valence-electron chi connectivity index (χ4n) is 5.09. The van der Waals surface area contributed by atoms with Crippen molar-refractivity contribution in [3.63, 3.8) is 0 Å². The van der Waals surface area contributed by atoms with Gasteiger partial charge in [0, 0.05) is 37.2 Å². The maximum absolute atomic E-state index is 13.1. The Balaban J connectivity index is 1.16. The number of carbonyl (C=O) groups is 1. The Morgan fingerprint density at radius 2 is 1.74 bits per heavy atom. The van der Waals surface area contributed by atoms with Gasteiger partial charge in [-0.2, -0.15) is 5.10 Å². The summed E-state index contributed by atoms with van der Waals surface area (Å²) in [7, 11) is 0. The lowest BCUT2D eigenvalue weighted by Gasteiger charge is -2.34. The quantitative estimate of drug-likeness (QED) is 0.322. The average Bonchev–Trinajstić information content (AvgIpc) is 3.32. The molecule has 0 radical (unpaired) electrons. The molecule has 0 bridgehead atoms. The molecule has 1 aliphatic rings. The number of amides is 1. The van der Waals surface area contributed by atoms with Crippen LogP contribution in [0.25, 0.3) is 5.65 Å². The average molecular weight is 538 g/mol. The first-order chi connectivity index (χ1) is 18.7. The number of rotatable bonds is 7. The van der Waals surface area contributed by atoms with Crippen LogP contribution in [0.4, 0.5) is 18.9 Å². The predicted octanol–water partition coefficient (Wildman–Crippen LogP) is 5.81. The highest BCUT2D eigenvalue weighted by Gasteiger charge is 2.31. The Hall–Kier alpha value is -4.08. The number of halogens is 3. The number of anilines is 1. The highest BCUT2D eigenvalue weighted by Crippen LogP contribution is 2.32. The van der Waals surface area contributed by atoms with E-state index in [1.165, 1.54) is 17.7 Å². The third kappa shape index (κ3) is 6.00. The number of ether oxygens (including phenoxy) is 1. The van der Waals surface area contributed by atoms with Crippen molar-refractivity contribution >= 4 is 17.2 Å². The largest absolute Gasteiger partial charge is 0.573 e. The zero-order valence-electron chi connectivity index (χ0n) is 21.8. The third-order valence-electron chi connectivity index (χ3n) is 7.18. The summed E-state index contributed by atoms with van der Waals surface area (Å²) in [4.78, 5) is 19.6. The van der Waals surface area contributed by atoms with E-state index in [4.69, 9.17) is 0 Å². The van der Waals surface area contributed by atoms with E-state index in [0.717, 1.165) is 48.6 Å². The van der Waals surface area contributed by atoms with Gasteiger partial charge in [0.25, 0.3) is 5.91 Å². The molecule has 1 N–H and O–H groups in total. The number of benzene rings is 2. The summed E-state index contributed by atoms with van der Waals surface area (Å²) in [5.74, 6) is 0.000918. The molecule has 0 aliphatic carbocycles. The Labute approximate surface area is 224 Å². The number of alkyl halides is 3. The van der Waals surface area contributed by atoms with Gasteiger partial charge in [0.05, 0.1) is 5.69 Å². The number of fused-ring (bicyclic) bond motifs is 1. The Morgan fingerprint density at radius 1 is 1.05 bits per heavy atom. The van der Waals surface area contributed by atoms with Crippen LogP contribution in [0.1, 0.15) is 58.6 Å². The standard InChI is InChI=1S/C29H30F3N5O2/c1-3-25-26(27-33-15-12-19(2)37(27)35-25)28(38)34-18-20-4-6-21(7-5-20)22-13-16-36(17-14-22)23-8-10-24(11-9-23)39-29(30,31)32/h4-12,15,22H,3,13-14,16-18H2,1-2H3,(H,34,38). The monoisotopic (exact) mass is 537 g/mol. The first-order valence-corrected chi connectivity index (χ1v) is 13.0. The molecule has 2 aromatic heterocycles. The van der Waals surface area contributed by atoms with Crippen LogP contribution in [0.15, 0.2) is 60.8 Å². The zero-order valence-corrected chi connectivity index (χ0v) is 21.8. The molecule has 0 spiro atoms.